The molecule has 0 aromatic heterocycles. The third kappa shape index (κ3) is 6.91. The topological polar surface area (TPSA) is 58.6 Å². The SMILES string of the molecule is COc1ccc(CN(C(=O)CSCc2ccccc2Cl)[C@@H](C)C(=O)NC2CCCC2)cc1. The summed E-state index contributed by atoms with van der Waals surface area (Å²) in [4.78, 5) is 27.8. The zero-order valence-corrected chi connectivity index (χ0v) is 20.3. The fourth-order valence-electron chi connectivity index (χ4n) is 3.85. The van der Waals surface area contributed by atoms with Gasteiger partial charge >= 0.3 is 0 Å². The van der Waals surface area contributed by atoms with Gasteiger partial charge in [0.1, 0.15) is 11.8 Å². The van der Waals surface area contributed by atoms with Crippen molar-refractivity contribution >= 4 is 35.2 Å². The Labute approximate surface area is 199 Å². The third-order valence-electron chi connectivity index (χ3n) is 5.82. The maximum absolute atomic E-state index is 13.2. The van der Waals surface area contributed by atoms with Gasteiger partial charge in [-0.15, -0.1) is 11.8 Å². The van der Waals surface area contributed by atoms with Crippen LogP contribution in [0.2, 0.25) is 5.02 Å². The van der Waals surface area contributed by atoms with Gasteiger partial charge in [-0.3, -0.25) is 9.59 Å². The lowest BCUT2D eigenvalue weighted by Gasteiger charge is -2.29. The Morgan fingerprint density at radius 2 is 1.84 bits per heavy atom. The van der Waals surface area contributed by atoms with Crippen molar-refractivity contribution < 1.29 is 14.3 Å². The van der Waals surface area contributed by atoms with Crippen molar-refractivity contribution in [2.75, 3.05) is 12.9 Å². The predicted molar refractivity (Wildman–Crippen MR) is 131 cm³/mol. The van der Waals surface area contributed by atoms with Gasteiger partial charge < -0.3 is 15.0 Å². The average molecular weight is 475 g/mol. The van der Waals surface area contributed by atoms with E-state index >= 15 is 0 Å². The minimum atomic E-state index is -0.550. The second-order valence-corrected chi connectivity index (χ2v) is 9.51. The van der Waals surface area contributed by atoms with E-state index in [1.165, 1.54) is 11.8 Å². The quantitative estimate of drug-likeness (QED) is 0.523. The summed E-state index contributed by atoms with van der Waals surface area (Å²) in [6.07, 6.45) is 4.32. The number of benzene rings is 2. The van der Waals surface area contributed by atoms with Crippen molar-refractivity contribution in [3.63, 3.8) is 0 Å². The van der Waals surface area contributed by atoms with Crippen molar-refractivity contribution in [3.05, 3.63) is 64.7 Å². The highest BCUT2D eigenvalue weighted by molar-refractivity contribution is 7.99. The fourth-order valence-corrected chi connectivity index (χ4v) is 5.04. The third-order valence-corrected chi connectivity index (χ3v) is 7.16. The number of hydrogen-bond acceptors (Lipinski definition) is 4. The average Bonchev–Trinajstić information content (AvgIpc) is 3.31. The molecule has 1 saturated carbocycles. The number of halogens is 1. The van der Waals surface area contributed by atoms with E-state index in [-0.39, 0.29) is 23.6 Å². The number of thioether (sulfide) groups is 1. The van der Waals surface area contributed by atoms with Crippen LogP contribution in [0.25, 0.3) is 0 Å². The number of nitrogens with one attached hydrogen (secondary N) is 1. The van der Waals surface area contributed by atoms with Gasteiger partial charge in [0.05, 0.1) is 12.9 Å². The van der Waals surface area contributed by atoms with Crippen LogP contribution in [0, 0.1) is 0 Å². The number of rotatable bonds is 10. The lowest BCUT2D eigenvalue weighted by atomic mass is 10.1. The van der Waals surface area contributed by atoms with E-state index in [1.807, 2.05) is 55.5 Å². The first kappa shape index (κ1) is 24.5. The van der Waals surface area contributed by atoms with Crippen LogP contribution >= 0.6 is 23.4 Å². The van der Waals surface area contributed by atoms with E-state index in [2.05, 4.69) is 5.32 Å². The molecular weight excluding hydrogens is 444 g/mol. The Morgan fingerprint density at radius 3 is 2.50 bits per heavy atom. The molecular formula is C25H31ClN2O3S. The first-order valence-corrected chi connectivity index (χ1v) is 12.5. The molecule has 1 atom stereocenters. The molecule has 0 heterocycles. The van der Waals surface area contributed by atoms with E-state index in [0.717, 1.165) is 42.6 Å². The van der Waals surface area contributed by atoms with Crippen molar-refractivity contribution in [2.45, 2.75) is 57.0 Å². The fraction of sp³-hybridized carbons (Fsp3) is 0.440. The molecule has 5 nitrogen and oxygen atoms in total. The number of hydrogen-bond donors (Lipinski definition) is 1. The van der Waals surface area contributed by atoms with Crippen molar-refractivity contribution in [1.82, 2.24) is 10.2 Å². The van der Waals surface area contributed by atoms with E-state index < -0.39 is 6.04 Å². The van der Waals surface area contributed by atoms with Gasteiger partial charge in [-0.25, -0.2) is 0 Å². The molecule has 2 aromatic carbocycles. The molecule has 2 aromatic rings. The molecule has 1 aliphatic rings. The lowest BCUT2D eigenvalue weighted by molar-refractivity contribution is -0.138. The molecule has 1 fully saturated rings. The van der Waals surface area contributed by atoms with Crippen molar-refractivity contribution in [3.8, 4) is 5.75 Å². The lowest BCUT2D eigenvalue weighted by Crippen LogP contribution is -2.50. The summed E-state index contributed by atoms with van der Waals surface area (Å²) in [5.41, 5.74) is 1.96. The number of amides is 2. The normalized spacial score (nSPS) is 14.7. The number of carbonyl (C=O) groups is 2. The summed E-state index contributed by atoms with van der Waals surface area (Å²) >= 11 is 7.74. The van der Waals surface area contributed by atoms with Gasteiger partial charge in [0, 0.05) is 23.4 Å². The summed E-state index contributed by atoms with van der Waals surface area (Å²) < 4.78 is 5.23. The Morgan fingerprint density at radius 1 is 1.16 bits per heavy atom. The summed E-state index contributed by atoms with van der Waals surface area (Å²) in [5.74, 6) is 1.53. The molecule has 0 bridgehead atoms. The summed E-state index contributed by atoms with van der Waals surface area (Å²) in [5, 5.41) is 3.83. The smallest absolute Gasteiger partial charge is 0.242 e. The van der Waals surface area contributed by atoms with Crippen LogP contribution in [-0.2, 0) is 21.9 Å². The number of carbonyl (C=O) groups excluding carboxylic acids is 2. The van der Waals surface area contributed by atoms with Crippen LogP contribution < -0.4 is 10.1 Å². The Kier molecular flexibility index (Phi) is 9.30. The maximum atomic E-state index is 13.2. The molecule has 172 valence electrons. The molecule has 0 unspecified atom stereocenters. The minimum Gasteiger partial charge on any atom is -0.497 e. The second-order valence-electron chi connectivity index (χ2n) is 8.12. The minimum absolute atomic E-state index is 0.0630. The Bertz CT molecular complexity index is 900. The standard InChI is InChI=1S/C25H31ClN2O3S/c1-18(25(30)27-21-8-4-5-9-21)28(15-19-11-13-22(31-2)14-12-19)24(29)17-32-16-20-7-3-6-10-23(20)26/h3,6-7,10-14,18,21H,4-5,8-9,15-17H2,1-2H3,(H,27,30)/t18-/m0/s1. The number of ether oxygens (including phenoxy) is 1. The highest BCUT2D eigenvalue weighted by Gasteiger charge is 2.28. The molecule has 0 aliphatic heterocycles. The largest absolute Gasteiger partial charge is 0.497 e. The Hall–Kier alpha value is -2.18. The van der Waals surface area contributed by atoms with Crippen LogP contribution in [0.4, 0.5) is 0 Å². The first-order chi connectivity index (χ1) is 15.5. The van der Waals surface area contributed by atoms with Gasteiger partial charge in [0.25, 0.3) is 0 Å². The monoisotopic (exact) mass is 474 g/mol. The van der Waals surface area contributed by atoms with Crippen LogP contribution in [0.5, 0.6) is 5.75 Å². The second kappa shape index (κ2) is 12.2. The van der Waals surface area contributed by atoms with Crippen LogP contribution in [0.3, 0.4) is 0 Å². The molecule has 0 saturated heterocycles. The van der Waals surface area contributed by atoms with Gasteiger partial charge in [0.2, 0.25) is 11.8 Å². The number of nitrogens with zero attached hydrogens (tertiary/aromatic N) is 1. The molecule has 1 N–H and O–H groups in total. The molecule has 2 amide bonds. The van der Waals surface area contributed by atoms with Crippen LogP contribution in [0.1, 0.15) is 43.7 Å². The predicted octanol–water partition coefficient (Wildman–Crippen LogP) is 5.06. The molecule has 0 radical (unpaired) electrons. The number of methoxy groups -OCH3 is 1. The molecule has 7 heteroatoms. The highest BCUT2D eigenvalue weighted by Crippen LogP contribution is 2.23. The van der Waals surface area contributed by atoms with Crippen LogP contribution in [0.15, 0.2) is 48.5 Å². The van der Waals surface area contributed by atoms with E-state index in [1.54, 1.807) is 12.0 Å². The van der Waals surface area contributed by atoms with E-state index in [0.29, 0.717) is 17.3 Å². The van der Waals surface area contributed by atoms with Gasteiger partial charge in [-0.05, 0) is 49.1 Å². The molecule has 0 spiro atoms. The molecule has 32 heavy (non-hydrogen) atoms. The zero-order valence-electron chi connectivity index (χ0n) is 18.7. The maximum Gasteiger partial charge on any atom is 0.242 e. The molecule has 3 rings (SSSR count). The van der Waals surface area contributed by atoms with Gasteiger partial charge in [-0.2, -0.15) is 0 Å². The van der Waals surface area contributed by atoms with E-state index in [4.69, 9.17) is 16.3 Å². The Balaban J connectivity index is 1.66. The van der Waals surface area contributed by atoms with Gasteiger partial charge in [-0.1, -0.05) is 54.8 Å². The van der Waals surface area contributed by atoms with Gasteiger partial charge in [0.15, 0.2) is 0 Å². The van der Waals surface area contributed by atoms with Crippen LogP contribution in [-0.4, -0.2) is 41.7 Å². The summed E-state index contributed by atoms with van der Waals surface area (Å²) in [7, 11) is 1.62. The zero-order chi connectivity index (χ0) is 22.9. The molecule has 1 aliphatic carbocycles. The summed E-state index contributed by atoms with van der Waals surface area (Å²) in [6.45, 7) is 2.18. The highest BCUT2D eigenvalue weighted by atomic mass is 35.5. The van der Waals surface area contributed by atoms with Crippen molar-refractivity contribution in [1.29, 1.82) is 0 Å². The first-order valence-electron chi connectivity index (χ1n) is 11.0. The summed E-state index contributed by atoms with van der Waals surface area (Å²) in [6, 6.07) is 14.9. The van der Waals surface area contributed by atoms with E-state index in [9.17, 15) is 9.59 Å². The van der Waals surface area contributed by atoms with Crippen molar-refractivity contribution in [2.24, 2.45) is 0 Å².